The molecule has 1 atom stereocenters. The van der Waals surface area contributed by atoms with Crippen molar-refractivity contribution in [2.75, 3.05) is 13.6 Å². The van der Waals surface area contributed by atoms with Crippen LogP contribution in [0.2, 0.25) is 0 Å². The van der Waals surface area contributed by atoms with Gasteiger partial charge in [-0.1, -0.05) is 34.1 Å². The van der Waals surface area contributed by atoms with Crippen LogP contribution < -0.4 is 5.32 Å². The molecule has 0 bridgehead atoms. The molecule has 1 unspecified atom stereocenters. The summed E-state index contributed by atoms with van der Waals surface area (Å²) in [6.45, 7) is 3.07. The summed E-state index contributed by atoms with van der Waals surface area (Å²) in [4.78, 5) is 4.58. The third-order valence-electron chi connectivity index (χ3n) is 3.09. The second-order valence-electron chi connectivity index (χ2n) is 4.81. The molecular weight excluding hydrogens is 320 g/mol. The van der Waals surface area contributed by atoms with Crippen molar-refractivity contribution in [3.05, 3.63) is 50.4 Å². The van der Waals surface area contributed by atoms with Crippen LogP contribution in [0, 0.1) is 12.8 Å². The molecule has 19 heavy (non-hydrogen) atoms. The maximum absolute atomic E-state index is 4.58. The molecule has 4 heteroatoms. The molecule has 0 radical (unpaired) electrons. The van der Waals surface area contributed by atoms with E-state index in [9.17, 15) is 0 Å². The third kappa shape index (κ3) is 4.41. The van der Waals surface area contributed by atoms with Crippen LogP contribution in [0.25, 0.3) is 0 Å². The first kappa shape index (κ1) is 14.7. The monoisotopic (exact) mass is 338 g/mol. The normalized spacial score (nSPS) is 12.6. The Kier molecular flexibility index (Phi) is 5.55. The maximum Gasteiger partial charge on any atom is 0.0931 e. The Morgan fingerprint density at radius 2 is 2.11 bits per heavy atom. The minimum Gasteiger partial charge on any atom is -0.319 e. The van der Waals surface area contributed by atoms with Crippen molar-refractivity contribution < 1.29 is 0 Å². The highest BCUT2D eigenvalue weighted by atomic mass is 79.9. The van der Waals surface area contributed by atoms with E-state index < -0.39 is 0 Å². The third-order valence-corrected chi connectivity index (χ3v) is 4.85. The summed E-state index contributed by atoms with van der Waals surface area (Å²) in [5.74, 6) is 0.578. The smallest absolute Gasteiger partial charge is 0.0931 e. The minimum atomic E-state index is 0.578. The number of hydrogen-bond donors (Lipinski definition) is 1. The van der Waals surface area contributed by atoms with Crippen LogP contribution in [0.5, 0.6) is 0 Å². The van der Waals surface area contributed by atoms with E-state index >= 15 is 0 Å². The fraction of sp³-hybridized carbons (Fsp3) is 0.400. The van der Waals surface area contributed by atoms with E-state index in [1.807, 2.05) is 7.05 Å². The maximum atomic E-state index is 4.58. The van der Waals surface area contributed by atoms with Gasteiger partial charge < -0.3 is 5.32 Å². The zero-order chi connectivity index (χ0) is 13.7. The van der Waals surface area contributed by atoms with Crippen LogP contribution in [0.1, 0.15) is 16.3 Å². The van der Waals surface area contributed by atoms with Crippen molar-refractivity contribution in [3.63, 3.8) is 0 Å². The molecule has 0 fully saturated rings. The Labute approximate surface area is 127 Å². The van der Waals surface area contributed by atoms with Crippen LogP contribution in [0.3, 0.4) is 0 Å². The Balaban J connectivity index is 2.06. The molecule has 2 aromatic rings. The summed E-state index contributed by atoms with van der Waals surface area (Å²) in [7, 11) is 2.01. The Morgan fingerprint density at radius 3 is 2.74 bits per heavy atom. The Morgan fingerprint density at radius 1 is 1.32 bits per heavy atom. The first-order valence-electron chi connectivity index (χ1n) is 6.48. The van der Waals surface area contributed by atoms with E-state index in [-0.39, 0.29) is 0 Å². The molecule has 0 aliphatic heterocycles. The first-order chi connectivity index (χ1) is 9.19. The number of nitrogens with zero attached hydrogens (tertiary/aromatic N) is 1. The number of halogens is 1. The van der Waals surface area contributed by atoms with E-state index in [1.54, 1.807) is 11.3 Å². The molecule has 2 rings (SSSR count). The quantitative estimate of drug-likeness (QED) is 0.865. The first-order valence-corrected chi connectivity index (χ1v) is 8.15. The number of hydrogen-bond acceptors (Lipinski definition) is 3. The summed E-state index contributed by atoms with van der Waals surface area (Å²) in [5, 5.41) is 6.67. The van der Waals surface area contributed by atoms with Gasteiger partial charge in [0.15, 0.2) is 0 Å². The lowest BCUT2D eigenvalue weighted by atomic mass is 9.96. The lowest BCUT2D eigenvalue weighted by molar-refractivity contribution is 0.491. The van der Waals surface area contributed by atoms with E-state index in [2.05, 4.69) is 62.8 Å². The highest BCUT2D eigenvalue weighted by molar-refractivity contribution is 9.10. The molecule has 1 aromatic carbocycles. The van der Waals surface area contributed by atoms with E-state index in [0.717, 1.165) is 25.1 Å². The SMILES string of the molecule is CNCC(Cc1nc(C)cs1)Cc1ccccc1Br. The summed E-state index contributed by atoms with van der Waals surface area (Å²) in [5.41, 5.74) is 2.50. The number of aryl methyl sites for hydroxylation is 1. The van der Waals surface area contributed by atoms with Crippen molar-refractivity contribution in [1.82, 2.24) is 10.3 Å². The van der Waals surface area contributed by atoms with Gasteiger partial charge in [0.25, 0.3) is 0 Å². The van der Waals surface area contributed by atoms with Gasteiger partial charge in [-0.15, -0.1) is 11.3 Å². The van der Waals surface area contributed by atoms with E-state index in [1.165, 1.54) is 15.0 Å². The van der Waals surface area contributed by atoms with Crippen LogP contribution in [0.4, 0.5) is 0 Å². The van der Waals surface area contributed by atoms with Gasteiger partial charge in [-0.25, -0.2) is 4.98 Å². The zero-order valence-electron chi connectivity index (χ0n) is 11.3. The average molecular weight is 339 g/mol. The van der Waals surface area contributed by atoms with Crippen molar-refractivity contribution >= 4 is 27.3 Å². The topological polar surface area (TPSA) is 24.9 Å². The molecule has 0 saturated carbocycles. The summed E-state index contributed by atoms with van der Waals surface area (Å²) >= 11 is 5.40. The van der Waals surface area contributed by atoms with Gasteiger partial charge in [0.2, 0.25) is 0 Å². The van der Waals surface area contributed by atoms with Gasteiger partial charge in [-0.2, -0.15) is 0 Å². The second-order valence-corrected chi connectivity index (χ2v) is 6.60. The zero-order valence-corrected chi connectivity index (χ0v) is 13.7. The van der Waals surface area contributed by atoms with E-state index in [4.69, 9.17) is 0 Å². The van der Waals surface area contributed by atoms with Gasteiger partial charge in [0.05, 0.1) is 5.01 Å². The van der Waals surface area contributed by atoms with Gasteiger partial charge in [0, 0.05) is 22.0 Å². The molecule has 0 spiro atoms. The average Bonchev–Trinajstić information content (AvgIpc) is 2.78. The molecule has 1 aromatic heterocycles. The van der Waals surface area contributed by atoms with Crippen molar-refractivity contribution in [1.29, 1.82) is 0 Å². The summed E-state index contributed by atoms with van der Waals surface area (Å²) < 4.78 is 1.20. The molecule has 0 aliphatic carbocycles. The molecule has 1 heterocycles. The molecule has 0 aliphatic rings. The second kappa shape index (κ2) is 7.17. The Bertz CT molecular complexity index is 524. The lowest BCUT2D eigenvalue weighted by Crippen LogP contribution is -2.23. The number of aromatic nitrogens is 1. The fourth-order valence-electron chi connectivity index (χ4n) is 2.22. The predicted octanol–water partition coefficient (Wildman–Crippen LogP) is 3.83. The van der Waals surface area contributed by atoms with Crippen LogP contribution in [0.15, 0.2) is 34.1 Å². The number of nitrogens with one attached hydrogen (secondary N) is 1. The van der Waals surface area contributed by atoms with Crippen LogP contribution >= 0.6 is 27.3 Å². The van der Waals surface area contributed by atoms with Crippen LogP contribution in [-0.2, 0) is 12.8 Å². The summed E-state index contributed by atoms with van der Waals surface area (Å²) in [6, 6.07) is 8.47. The predicted molar refractivity (Wildman–Crippen MR) is 85.8 cm³/mol. The molecule has 0 amide bonds. The molecule has 2 nitrogen and oxygen atoms in total. The van der Waals surface area contributed by atoms with Crippen molar-refractivity contribution in [2.45, 2.75) is 19.8 Å². The van der Waals surface area contributed by atoms with E-state index in [0.29, 0.717) is 5.92 Å². The fourth-order valence-corrected chi connectivity index (χ4v) is 3.56. The largest absolute Gasteiger partial charge is 0.319 e. The van der Waals surface area contributed by atoms with Gasteiger partial charge in [-0.3, -0.25) is 0 Å². The van der Waals surface area contributed by atoms with Gasteiger partial charge in [-0.05, 0) is 44.5 Å². The number of benzene rings is 1. The molecular formula is C15H19BrN2S. The standard InChI is InChI=1S/C15H19BrN2S/c1-11-10-19-15(18-11)8-12(9-17-2)7-13-5-3-4-6-14(13)16/h3-6,10,12,17H,7-9H2,1-2H3. The highest BCUT2D eigenvalue weighted by Gasteiger charge is 2.13. The molecule has 0 saturated heterocycles. The molecule has 102 valence electrons. The van der Waals surface area contributed by atoms with Gasteiger partial charge >= 0.3 is 0 Å². The van der Waals surface area contributed by atoms with Crippen molar-refractivity contribution in [3.8, 4) is 0 Å². The Hall–Kier alpha value is -0.710. The highest BCUT2D eigenvalue weighted by Crippen LogP contribution is 2.22. The number of rotatable bonds is 6. The van der Waals surface area contributed by atoms with Crippen LogP contribution in [-0.4, -0.2) is 18.6 Å². The van der Waals surface area contributed by atoms with Crippen molar-refractivity contribution in [2.24, 2.45) is 5.92 Å². The van der Waals surface area contributed by atoms with Gasteiger partial charge in [0.1, 0.15) is 0 Å². The minimum absolute atomic E-state index is 0.578. The molecule has 1 N–H and O–H groups in total. The lowest BCUT2D eigenvalue weighted by Gasteiger charge is -2.16. The number of thiazole rings is 1. The summed E-state index contributed by atoms with van der Waals surface area (Å²) in [6.07, 6.45) is 2.11.